The smallest absolute Gasteiger partial charge is 0.426 e. The molecule has 1 heterocycles. The van der Waals surface area contributed by atoms with Gasteiger partial charge in [0.1, 0.15) is 6.61 Å². The second-order valence-corrected chi connectivity index (χ2v) is 7.69. The van der Waals surface area contributed by atoms with Crippen molar-refractivity contribution in [2.45, 2.75) is 44.1 Å². The molecule has 29 heavy (non-hydrogen) atoms. The molecule has 8 heteroatoms. The first-order valence-corrected chi connectivity index (χ1v) is 8.90. The van der Waals surface area contributed by atoms with Crippen LogP contribution in [0.15, 0.2) is 48.5 Å². The number of alkyl halides is 3. The van der Waals surface area contributed by atoms with Gasteiger partial charge in [0.05, 0.1) is 5.56 Å². The van der Waals surface area contributed by atoms with E-state index in [9.17, 15) is 27.9 Å². The largest absolute Gasteiger partial charge is 0.457 e. The maximum Gasteiger partial charge on any atom is 0.426 e. The van der Waals surface area contributed by atoms with E-state index in [2.05, 4.69) is 5.32 Å². The monoisotopic (exact) mass is 407 g/mol. The lowest BCUT2D eigenvalue weighted by atomic mass is 9.74. The first-order chi connectivity index (χ1) is 13.4. The van der Waals surface area contributed by atoms with Gasteiger partial charge in [0.25, 0.3) is 5.91 Å². The zero-order chi connectivity index (χ0) is 21.4. The van der Waals surface area contributed by atoms with Crippen molar-refractivity contribution in [1.29, 1.82) is 0 Å². The highest BCUT2D eigenvalue weighted by Gasteiger charge is 2.61. The van der Waals surface area contributed by atoms with Crippen LogP contribution in [0.1, 0.15) is 41.8 Å². The van der Waals surface area contributed by atoms with Gasteiger partial charge in [-0.1, -0.05) is 44.2 Å². The number of esters is 1. The number of aliphatic hydroxyl groups is 1. The van der Waals surface area contributed by atoms with E-state index < -0.39 is 35.5 Å². The van der Waals surface area contributed by atoms with Crippen LogP contribution < -0.4 is 5.32 Å². The SMILES string of the molecule is CC(C)(CC(O)(C(=O)Nc1ccc2c(c1)COC2=O)C(F)(F)F)c1ccccc1. The number of benzene rings is 2. The molecule has 3 rings (SSSR count). The van der Waals surface area contributed by atoms with Crippen molar-refractivity contribution >= 4 is 17.6 Å². The van der Waals surface area contributed by atoms with E-state index in [1.54, 1.807) is 30.3 Å². The summed E-state index contributed by atoms with van der Waals surface area (Å²) in [4.78, 5) is 24.1. The van der Waals surface area contributed by atoms with E-state index >= 15 is 0 Å². The fourth-order valence-electron chi connectivity index (χ4n) is 3.39. The van der Waals surface area contributed by atoms with Crippen LogP contribution in [0, 0.1) is 0 Å². The average molecular weight is 407 g/mol. The van der Waals surface area contributed by atoms with E-state index in [0.29, 0.717) is 16.7 Å². The first-order valence-electron chi connectivity index (χ1n) is 8.90. The predicted octanol–water partition coefficient (Wildman–Crippen LogP) is 3.96. The Morgan fingerprint density at radius 2 is 1.79 bits per heavy atom. The molecule has 2 aromatic rings. The highest BCUT2D eigenvalue weighted by molar-refractivity contribution is 5.99. The maximum absolute atomic E-state index is 13.8. The van der Waals surface area contributed by atoms with Crippen LogP contribution in [0.3, 0.4) is 0 Å². The summed E-state index contributed by atoms with van der Waals surface area (Å²) in [6, 6.07) is 12.4. The molecule has 2 aromatic carbocycles. The zero-order valence-corrected chi connectivity index (χ0v) is 15.8. The molecular weight excluding hydrogens is 387 g/mol. The third-order valence-electron chi connectivity index (χ3n) is 5.04. The lowest BCUT2D eigenvalue weighted by Crippen LogP contribution is -2.57. The number of carbonyl (C=O) groups is 2. The fourth-order valence-corrected chi connectivity index (χ4v) is 3.39. The number of rotatable bonds is 5. The van der Waals surface area contributed by atoms with Crippen molar-refractivity contribution in [3.05, 3.63) is 65.2 Å². The lowest BCUT2D eigenvalue weighted by Gasteiger charge is -2.36. The lowest BCUT2D eigenvalue weighted by molar-refractivity contribution is -0.254. The van der Waals surface area contributed by atoms with Gasteiger partial charge in [-0.15, -0.1) is 0 Å². The van der Waals surface area contributed by atoms with Crippen LogP contribution in [-0.2, 0) is 21.6 Å². The Kier molecular flexibility index (Phi) is 5.17. The number of anilines is 1. The van der Waals surface area contributed by atoms with Crippen molar-refractivity contribution in [3.8, 4) is 0 Å². The number of halogens is 3. The Labute approximate surface area is 165 Å². The van der Waals surface area contributed by atoms with Crippen LogP contribution in [0.25, 0.3) is 0 Å². The molecule has 1 aliphatic heterocycles. The van der Waals surface area contributed by atoms with Gasteiger partial charge in [-0.3, -0.25) is 4.79 Å². The molecule has 1 unspecified atom stereocenters. The minimum atomic E-state index is -5.20. The van der Waals surface area contributed by atoms with Crippen molar-refractivity contribution in [3.63, 3.8) is 0 Å². The number of carbonyl (C=O) groups excluding carboxylic acids is 2. The molecular formula is C21H20F3NO4. The van der Waals surface area contributed by atoms with Crippen molar-refractivity contribution in [1.82, 2.24) is 0 Å². The summed E-state index contributed by atoms with van der Waals surface area (Å²) in [5.41, 5.74) is -3.41. The van der Waals surface area contributed by atoms with Crippen LogP contribution in [-0.4, -0.2) is 28.8 Å². The Morgan fingerprint density at radius 3 is 2.41 bits per heavy atom. The first kappa shape index (κ1) is 20.9. The summed E-state index contributed by atoms with van der Waals surface area (Å²) in [6.07, 6.45) is -6.06. The second-order valence-electron chi connectivity index (χ2n) is 7.69. The molecule has 0 fully saturated rings. The normalized spacial score (nSPS) is 16.0. The summed E-state index contributed by atoms with van der Waals surface area (Å²) in [6.45, 7) is 3.04. The molecule has 2 N–H and O–H groups in total. The van der Waals surface area contributed by atoms with Gasteiger partial charge in [-0.05, 0) is 29.2 Å². The summed E-state index contributed by atoms with van der Waals surface area (Å²) in [7, 11) is 0. The number of hydrogen-bond donors (Lipinski definition) is 2. The fraction of sp³-hybridized carbons (Fsp3) is 0.333. The molecule has 0 saturated carbocycles. The highest BCUT2D eigenvalue weighted by Crippen LogP contribution is 2.42. The van der Waals surface area contributed by atoms with E-state index in [4.69, 9.17) is 4.74 Å². The number of fused-ring (bicyclic) bond motifs is 1. The van der Waals surface area contributed by atoms with Gasteiger partial charge < -0.3 is 15.2 Å². The van der Waals surface area contributed by atoms with Gasteiger partial charge in [-0.25, -0.2) is 4.79 Å². The highest BCUT2D eigenvalue weighted by atomic mass is 19.4. The number of amides is 1. The van der Waals surface area contributed by atoms with Gasteiger partial charge in [0.2, 0.25) is 5.60 Å². The van der Waals surface area contributed by atoms with Crippen molar-refractivity contribution in [2.75, 3.05) is 5.32 Å². The molecule has 0 radical (unpaired) electrons. The van der Waals surface area contributed by atoms with Gasteiger partial charge >= 0.3 is 12.1 Å². The van der Waals surface area contributed by atoms with Crippen molar-refractivity contribution in [2.24, 2.45) is 0 Å². The topological polar surface area (TPSA) is 75.6 Å². The molecule has 0 spiro atoms. The number of nitrogens with one attached hydrogen (secondary N) is 1. The molecule has 1 aliphatic rings. The summed E-state index contributed by atoms with van der Waals surface area (Å²) in [5, 5.41) is 12.6. The van der Waals surface area contributed by atoms with Crippen LogP contribution >= 0.6 is 0 Å². The van der Waals surface area contributed by atoms with Gasteiger partial charge in [0.15, 0.2) is 0 Å². The molecule has 1 atom stereocenters. The molecule has 0 aromatic heterocycles. The quantitative estimate of drug-likeness (QED) is 0.736. The van der Waals surface area contributed by atoms with Crippen molar-refractivity contribution < 1.29 is 32.6 Å². The molecule has 154 valence electrons. The zero-order valence-electron chi connectivity index (χ0n) is 15.8. The number of ether oxygens (including phenoxy) is 1. The standard InChI is InChI=1S/C21H20F3NO4/c1-19(2,14-6-4-3-5-7-14)12-20(28,21(22,23)24)18(27)25-15-8-9-16-13(10-15)11-29-17(16)26/h3-10,28H,11-12H2,1-2H3,(H,25,27). The molecule has 1 amide bonds. The molecule has 5 nitrogen and oxygen atoms in total. The molecule has 0 aliphatic carbocycles. The summed E-state index contributed by atoms with van der Waals surface area (Å²) in [5.74, 6) is -2.12. The minimum absolute atomic E-state index is 0.0253. The Bertz CT molecular complexity index is 941. The van der Waals surface area contributed by atoms with E-state index in [0.717, 1.165) is 0 Å². The van der Waals surface area contributed by atoms with Crippen LogP contribution in [0.2, 0.25) is 0 Å². The second kappa shape index (κ2) is 7.18. The number of cyclic esters (lactones) is 1. The van der Waals surface area contributed by atoms with E-state index in [1.165, 1.54) is 32.0 Å². The van der Waals surface area contributed by atoms with Crippen LogP contribution in [0.4, 0.5) is 18.9 Å². The Hall–Kier alpha value is -2.87. The third kappa shape index (κ3) is 3.98. The summed E-state index contributed by atoms with van der Waals surface area (Å²) >= 11 is 0. The minimum Gasteiger partial charge on any atom is -0.457 e. The maximum atomic E-state index is 13.8. The van der Waals surface area contributed by atoms with E-state index in [1.807, 2.05) is 0 Å². The van der Waals surface area contributed by atoms with Gasteiger partial charge in [0, 0.05) is 17.7 Å². The Balaban J connectivity index is 1.88. The predicted molar refractivity (Wildman–Crippen MR) is 99.3 cm³/mol. The molecule has 0 bridgehead atoms. The molecule has 0 saturated heterocycles. The summed E-state index contributed by atoms with van der Waals surface area (Å²) < 4.78 is 46.2. The van der Waals surface area contributed by atoms with Gasteiger partial charge in [-0.2, -0.15) is 13.2 Å². The van der Waals surface area contributed by atoms with Crippen LogP contribution in [0.5, 0.6) is 0 Å². The number of hydrogen-bond acceptors (Lipinski definition) is 4. The average Bonchev–Trinajstić information content (AvgIpc) is 3.01. The third-order valence-corrected chi connectivity index (χ3v) is 5.04. The Morgan fingerprint density at radius 1 is 1.14 bits per heavy atom. The van der Waals surface area contributed by atoms with E-state index in [-0.39, 0.29) is 12.3 Å².